The number of halogens is 3. The summed E-state index contributed by atoms with van der Waals surface area (Å²) in [6.45, 7) is 2.47. The fourth-order valence-electron chi connectivity index (χ4n) is 1.87. The Labute approximate surface area is 123 Å². The molecule has 1 aromatic carbocycles. The van der Waals surface area contributed by atoms with Gasteiger partial charge in [0.25, 0.3) is 0 Å². The van der Waals surface area contributed by atoms with Crippen molar-refractivity contribution < 1.29 is 9.18 Å². The van der Waals surface area contributed by atoms with Gasteiger partial charge in [0.1, 0.15) is 11.6 Å². The molecule has 0 aliphatic heterocycles. The molecule has 4 nitrogen and oxygen atoms in total. The number of alkyl halides is 1. The van der Waals surface area contributed by atoms with Gasteiger partial charge in [-0.3, -0.25) is 4.79 Å². The van der Waals surface area contributed by atoms with Gasteiger partial charge in [-0.25, -0.2) is 9.37 Å². The maximum absolute atomic E-state index is 13.5. The van der Waals surface area contributed by atoms with E-state index in [4.69, 9.17) is 11.6 Å². The molecule has 1 aromatic heterocycles. The number of benzene rings is 1. The number of imidazole rings is 1. The molecule has 2 rings (SSSR count). The lowest BCUT2D eigenvalue weighted by Gasteiger charge is -2.08. The van der Waals surface area contributed by atoms with Crippen molar-refractivity contribution in [3.63, 3.8) is 0 Å². The Hall–Kier alpha value is -1.14. The summed E-state index contributed by atoms with van der Waals surface area (Å²) in [7, 11) is 0. The summed E-state index contributed by atoms with van der Waals surface area (Å²) in [5.74, 6) is 0.428. The fourth-order valence-corrected chi connectivity index (χ4v) is 2.40. The number of hydrogen-bond donors (Lipinski definition) is 1. The summed E-state index contributed by atoms with van der Waals surface area (Å²) in [5, 5.41) is 2.71. The average Bonchev–Trinajstić information content (AvgIpc) is 2.67. The summed E-state index contributed by atoms with van der Waals surface area (Å²) in [4.78, 5) is 15.2. The standard InChI is InChI=1S/C12H12BrClFN3O/c1-7(19)16-2-3-18-11-4-8(13)9(15)5-10(11)17-12(18)6-14/h4-5H,2-3,6H2,1H3,(H,16,19). The molecule has 0 bridgehead atoms. The van der Waals surface area contributed by atoms with Crippen LogP contribution in [0.2, 0.25) is 0 Å². The van der Waals surface area contributed by atoms with Crippen molar-refractivity contribution in [1.82, 2.24) is 14.9 Å². The quantitative estimate of drug-likeness (QED) is 0.864. The Kier molecular flexibility index (Phi) is 4.42. The van der Waals surface area contributed by atoms with Crippen LogP contribution in [0.4, 0.5) is 4.39 Å². The molecule has 0 radical (unpaired) electrons. The molecule has 0 spiro atoms. The predicted octanol–water partition coefficient (Wildman–Crippen LogP) is 2.81. The Morgan fingerprint density at radius 2 is 2.32 bits per heavy atom. The van der Waals surface area contributed by atoms with Crippen LogP contribution in [-0.4, -0.2) is 22.0 Å². The first-order valence-corrected chi connectivity index (χ1v) is 7.00. The Morgan fingerprint density at radius 1 is 1.58 bits per heavy atom. The van der Waals surface area contributed by atoms with Crippen LogP contribution in [0.15, 0.2) is 16.6 Å². The van der Waals surface area contributed by atoms with E-state index < -0.39 is 0 Å². The molecular formula is C12H12BrClFN3O. The van der Waals surface area contributed by atoms with Crippen molar-refractivity contribution in [3.05, 3.63) is 28.2 Å². The van der Waals surface area contributed by atoms with Gasteiger partial charge in [0, 0.05) is 26.1 Å². The molecule has 0 aliphatic rings. The minimum absolute atomic E-state index is 0.0935. The van der Waals surface area contributed by atoms with E-state index in [2.05, 4.69) is 26.2 Å². The summed E-state index contributed by atoms with van der Waals surface area (Å²) in [6.07, 6.45) is 0. The average molecular weight is 349 g/mol. The first-order chi connectivity index (χ1) is 9.02. The molecular weight excluding hydrogens is 337 g/mol. The highest BCUT2D eigenvalue weighted by Gasteiger charge is 2.12. The Bertz CT molecular complexity index is 629. The van der Waals surface area contributed by atoms with E-state index in [1.807, 2.05) is 4.57 Å². The summed E-state index contributed by atoms with van der Waals surface area (Å²) in [5.41, 5.74) is 1.34. The third kappa shape index (κ3) is 3.06. The molecule has 7 heteroatoms. The molecule has 1 N–H and O–H groups in total. The van der Waals surface area contributed by atoms with Crippen molar-refractivity contribution in [2.24, 2.45) is 0 Å². The maximum atomic E-state index is 13.5. The van der Waals surface area contributed by atoms with Crippen LogP contribution in [0.25, 0.3) is 11.0 Å². The number of carbonyl (C=O) groups is 1. The fraction of sp³-hybridized carbons (Fsp3) is 0.333. The largest absolute Gasteiger partial charge is 0.355 e. The number of rotatable bonds is 4. The second-order valence-corrected chi connectivity index (χ2v) is 5.17. The van der Waals surface area contributed by atoms with Crippen LogP contribution in [0, 0.1) is 5.82 Å². The number of carbonyl (C=O) groups excluding carboxylic acids is 1. The third-order valence-corrected chi connectivity index (χ3v) is 3.54. The van der Waals surface area contributed by atoms with Gasteiger partial charge in [-0.2, -0.15) is 0 Å². The van der Waals surface area contributed by atoms with E-state index in [-0.39, 0.29) is 17.6 Å². The zero-order valence-corrected chi connectivity index (χ0v) is 12.6. The first-order valence-electron chi connectivity index (χ1n) is 5.67. The highest BCUT2D eigenvalue weighted by atomic mass is 79.9. The molecule has 1 amide bonds. The second kappa shape index (κ2) is 5.88. The topological polar surface area (TPSA) is 46.9 Å². The molecule has 19 heavy (non-hydrogen) atoms. The molecule has 0 fully saturated rings. The van der Waals surface area contributed by atoms with Gasteiger partial charge in [0.2, 0.25) is 5.91 Å². The van der Waals surface area contributed by atoms with Crippen molar-refractivity contribution in [2.45, 2.75) is 19.3 Å². The van der Waals surface area contributed by atoms with Crippen molar-refractivity contribution >= 4 is 44.5 Å². The minimum atomic E-state index is -0.361. The first kappa shape index (κ1) is 14.3. The minimum Gasteiger partial charge on any atom is -0.355 e. The SMILES string of the molecule is CC(=O)NCCn1c(CCl)nc2cc(F)c(Br)cc21. The molecule has 0 unspecified atom stereocenters. The molecule has 2 aromatic rings. The van der Waals surface area contributed by atoms with E-state index in [0.29, 0.717) is 28.9 Å². The van der Waals surface area contributed by atoms with Gasteiger partial charge < -0.3 is 9.88 Å². The molecule has 0 saturated heterocycles. The van der Waals surface area contributed by atoms with Crippen LogP contribution < -0.4 is 5.32 Å². The van der Waals surface area contributed by atoms with Crippen molar-refractivity contribution in [1.29, 1.82) is 0 Å². The van der Waals surface area contributed by atoms with Gasteiger partial charge >= 0.3 is 0 Å². The Morgan fingerprint density at radius 3 is 2.95 bits per heavy atom. The van der Waals surface area contributed by atoms with Gasteiger partial charge in [0.05, 0.1) is 21.4 Å². The monoisotopic (exact) mass is 347 g/mol. The van der Waals surface area contributed by atoms with Gasteiger partial charge in [0.15, 0.2) is 0 Å². The van der Waals surface area contributed by atoms with Crippen LogP contribution in [0.5, 0.6) is 0 Å². The van der Waals surface area contributed by atoms with Crippen LogP contribution in [-0.2, 0) is 17.2 Å². The molecule has 102 valence electrons. The second-order valence-electron chi connectivity index (χ2n) is 4.05. The van der Waals surface area contributed by atoms with Crippen molar-refractivity contribution in [2.75, 3.05) is 6.54 Å². The van der Waals surface area contributed by atoms with Crippen LogP contribution in [0.1, 0.15) is 12.7 Å². The highest BCUT2D eigenvalue weighted by Crippen LogP contribution is 2.24. The normalized spacial score (nSPS) is 10.9. The number of nitrogens with zero attached hydrogens (tertiary/aromatic N) is 2. The van der Waals surface area contributed by atoms with Gasteiger partial charge in [-0.1, -0.05) is 0 Å². The molecule has 0 atom stereocenters. The maximum Gasteiger partial charge on any atom is 0.216 e. The molecule has 1 heterocycles. The Balaban J connectivity index is 2.39. The van der Waals surface area contributed by atoms with E-state index in [9.17, 15) is 9.18 Å². The molecule has 0 saturated carbocycles. The van der Waals surface area contributed by atoms with E-state index in [1.165, 1.54) is 13.0 Å². The third-order valence-electron chi connectivity index (χ3n) is 2.70. The number of aromatic nitrogens is 2. The summed E-state index contributed by atoms with van der Waals surface area (Å²) < 4.78 is 15.7. The van der Waals surface area contributed by atoms with Gasteiger partial charge in [-0.05, 0) is 22.0 Å². The van der Waals surface area contributed by atoms with E-state index in [1.54, 1.807) is 6.07 Å². The predicted molar refractivity (Wildman–Crippen MR) is 75.6 cm³/mol. The highest BCUT2D eigenvalue weighted by molar-refractivity contribution is 9.10. The zero-order chi connectivity index (χ0) is 14.0. The number of fused-ring (bicyclic) bond motifs is 1. The summed E-state index contributed by atoms with van der Waals surface area (Å²) in [6, 6.07) is 3.03. The zero-order valence-electron chi connectivity index (χ0n) is 10.2. The lowest BCUT2D eigenvalue weighted by Crippen LogP contribution is -2.24. The number of amides is 1. The van der Waals surface area contributed by atoms with Gasteiger partial charge in [-0.15, -0.1) is 11.6 Å². The number of nitrogens with one attached hydrogen (secondary N) is 1. The smallest absolute Gasteiger partial charge is 0.216 e. The summed E-state index contributed by atoms with van der Waals surface area (Å²) >= 11 is 9.00. The van der Waals surface area contributed by atoms with E-state index >= 15 is 0 Å². The molecule has 0 aliphatic carbocycles. The van der Waals surface area contributed by atoms with Crippen molar-refractivity contribution in [3.8, 4) is 0 Å². The lowest BCUT2D eigenvalue weighted by molar-refractivity contribution is -0.118. The lowest BCUT2D eigenvalue weighted by atomic mass is 10.3. The number of hydrogen-bond acceptors (Lipinski definition) is 2. The van der Waals surface area contributed by atoms with E-state index in [0.717, 1.165) is 5.52 Å². The van der Waals surface area contributed by atoms with Crippen LogP contribution in [0.3, 0.4) is 0 Å². The van der Waals surface area contributed by atoms with Crippen LogP contribution >= 0.6 is 27.5 Å².